The second kappa shape index (κ2) is 8.67. The van der Waals surface area contributed by atoms with Crippen LogP contribution in [0.25, 0.3) is 0 Å². The van der Waals surface area contributed by atoms with Crippen LogP contribution in [-0.2, 0) is 10.2 Å². The number of benzene rings is 1. The van der Waals surface area contributed by atoms with Crippen LogP contribution < -0.4 is 9.62 Å². The van der Waals surface area contributed by atoms with Gasteiger partial charge in [-0.25, -0.2) is 4.79 Å². The third-order valence-corrected chi connectivity index (χ3v) is 6.98. The van der Waals surface area contributed by atoms with Crippen molar-refractivity contribution in [1.82, 2.24) is 9.21 Å². The third kappa shape index (κ3) is 4.95. The molecule has 2 heterocycles. The molecule has 1 atom stereocenters. The Morgan fingerprint density at radius 1 is 1.21 bits per heavy atom. The Morgan fingerprint density at radius 3 is 2.57 bits per heavy atom. The van der Waals surface area contributed by atoms with Crippen LogP contribution in [0.5, 0.6) is 0 Å². The number of anilines is 2. The summed E-state index contributed by atoms with van der Waals surface area (Å²) in [7, 11) is -0.843. The van der Waals surface area contributed by atoms with Crippen molar-refractivity contribution in [2.24, 2.45) is 5.92 Å². The van der Waals surface area contributed by atoms with Crippen molar-refractivity contribution in [3.8, 4) is 0 Å². The number of hydrogen-bond donors (Lipinski definition) is 2. The highest BCUT2D eigenvalue weighted by Crippen LogP contribution is 2.30. The van der Waals surface area contributed by atoms with Crippen molar-refractivity contribution < 1.29 is 18.3 Å². The lowest BCUT2D eigenvalue weighted by Gasteiger charge is -2.36. The van der Waals surface area contributed by atoms with E-state index in [0.29, 0.717) is 11.6 Å². The first-order valence-electron chi connectivity index (χ1n) is 9.81. The predicted molar refractivity (Wildman–Crippen MR) is 110 cm³/mol. The van der Waals surface area contributed by atoms with Gasteiger partial charge < -0.3 is 14.9 Å². The number of likely N-dealkylation sites (tertiary alicyclic amines) is 1. The number of carbonyl (C=O) groups is 1. The molecule has 1 aromatic carbocycles. The second-order valence-electron chi connectivity index (χ2n) is 7.89. The van der Waals surface area contributed by atoms with Crippen LogP contribution in [0.1, 0.15) is 36.0 Å². The Balaban J connectivity index is 1.77. The molecule has 28 heavy (non-hydrogen) atoms. The molecule has 0 aromatic heterocycles. The van der Waals surface area contributed by atoms with Crippen molar-refractivity contribution in [2.45, 2.75) is 25.7 Å². The molecule has 0 saturated carbocycles. The zero-order valence-corrected chi connectivity index (χ0v) is 17.4. The summed E-state index contributed by atoms with van der Waals surface area (Å²) in [5.41, 5.74) is 1.03. The van der Waals surface area contributed by atoms with Crippen molar-refractivity contribution in [3.63, 3.8) is 0 Å². The van der Waals surface area contributed by atoms with E-state index >= 15 is 0 Å². The van der Waals surface area contributed by atoms with Crippen LogP contribution in [0.2, 0.25) is 0 Å². The molecule has 9 heteroatoms. The lowest BCUT2D eigenvalue weighted by Crippen LogP contribution is -2.41. The number of aromatic carboxylic acids is 1. The Morgan fingerprint density at radius 2 is 1.93 bits per heavy atom. The molecule has 0 amide bonds. The molecule has 0 spiro atoms. The first-order chi connectivity index (χ1) is 13.3. The van der Waals surface area contributed by atoms with Gasteiger partial charge in [-0.1, -0.05) is 0 Å². The Hall–Kier alpha value is -1.84. The maximum absolute atomic E-state index is 12.0. The average Bonchev–Trinajstić information content (AvgIpc) is 3.14. The van der Waals surface area contributed by atoms with Gasteiger partial charge in [0, 0.05) is 33.7 Å². The fraction of sp³-hybridized carbons (Fsp3) is 0.632. The monoisotopic (exact) mass is 410 g/mol. The van der Waals surface area contributed by atoms with Gasteiger partial charge in [0.2, 0.25) is 0 Å². The summed E-state index contributed by atoms with van der Waals surface area (Å²) in [6, 6.07) is 4.75. The Bertz CT molecular complexity index is 806. The van der Waals surface area contributed by atoms with Crippen molar-refractivity contribution in [2.75, 3.05) is 56.4 Å². The molecule has 2 N–H and O–H groups in total. The van der Waals surface area contributed by atoms with Gasteiger partial charge in [0.25, 0.3) is 0 Å². The predicted octanol–water partition coefficient (Wildman–Crippen LogP) is 1.92. The van der Waals surface area contributed by atoms with Gasteiger partial charge >= 0.3 is 16.2 Å². The average molecular weight is 411 g/mol. The summed E-state index contributed by atoms with van der Waals surface area (Å²) in [5.74, 6) is -0.525. The van der Waals surface area contributed by atoms with E-state index in [4.69, 9.17) is 0 Å². The topological polar surface area (TPSA) is 93.2 Å². The van der Waals surface area contributed by atoms with Crippen molar-refractivity contribution in [3.05, 3.63) is 23.8 Å². The fourth-order valence-corrected chi connectivity index (χ4v) is 4.66. The number of rotatable bonds is 7. The Labute approximate surface area is 167 Å². The molecular formula is C19H30N4O4S. The second-order valence-corrected chi connectivity index (χ2v) is 9.77. The molecule has 2 aliphatic heterocycles. The summed E-state index contributed by atoms with van der Waals surface area (Å²) in [5, 5.41) is 9.70. The molecular weight excluding hydrogens is 380 g/mol. The molecule has 0 aliphatic carbocycles. The van der Waals surface area contributed by atoms with E-state index in [1.54, 1.807) is 12.1 Å². The van der Waals surface area contributed by atoms with Gasteiger partial charge in [0.1, 0.15) is 0 Å². The highest BCUT2D eigenvalue weighted by Gasteiger charge is 2.26. The summed E-state index contributed by atoms with van der Waals surface area (Å²) in [6.45, 7) is 5.05. The summed E-state index contributed by atoms with van der Waals surface area (Å²) in [6.07, 6.45) is 4.73. The van der Waals surface area contributed by atoms with Gasteiger partial charge in [-0.2, -0.15) is 12.7 Å². The molecule has 8 nitrogen and oxygen atoms in total. The molecule has 2 aliphatic rings. The number of piperidine rings is 1. The van der Waals surface area contributed by atoms with Crippen LogP contribution in [0.3, 0.4) is 0 Å². The smallest absolute Gasteiger partial charge is 0.337 e. The quantitative estimate of drug-likeness (QED) is 0.713. The molecule has 1 aromatic rings. The van der Waals surface area contributed by atoms with E-state index in [1.807, 2.05) is 0 Å². The molecule has 0 unspecified atom stereocenters. The van der Waals surface area contributed by atoms with E-state index < -0.39 is 16.2 Å². The highest BCUT2D eigenvalue weighted by molar-refractivity contribution is 7.90. The fourth-order valence-electron chi connectivity index (χ4n) is 4.05. The van der Waals surface area contributed by atoms with Gasteiger partial charge in [-0.05, 0) is 62.9 Å². The molecule has 0 bridgehead atoms. The van der Waals surface area contributed by atoms with Crippen LogP contribution in [-0.4, -0.2) is 75.5 Å². The molecule has 156 valence electrons. The zero-order valence-electron chi connectivity index (χ0n) is 16.6. The largest absolute Gasteiger partial charge is 0.478 e. The first-order valence-corrected chi connectivity index (χ1v) is 11.2. The summed E-state index contributed by atoms with van der Waals surface area (Å²) < 4.78 is 27.5. The summed E-state index contributed by atoms with van der Waals surface area (Å²) >= 11 is 0. The zero-order chi connectivity index (χ0) is 20.3. The van der Waals surface area contributed by atoms with Gasteiger partial charge in [0.05, 0.1) is 16.9 Å². The molecule has 0 radical (unpaired) electrons. The molecule has 3 rings (SSSR count). The van der Waals surface area contributed by atoms with Crippen LogP contribution in [0, 0.1) is 5.92 Å². The highest BCUT2D eigenvalue weighted by atomic mass is 32.2. The van der Waals surface area contributed by atoms with Crippen LogP contribution in [0.4, 0.5) is 11.4 Å². The minimum atomic E-state index is -3.68. The number of carboxylic acids is 1. The lowest BCUT2D eigenvalue weighted by molar-refractivity contribution is 0.0697. The SMILES string of the molecule is CN(C)S(=O)(=O)Nc1ccc(N2CCC[C@@H](CN3CCCC3)C2)c(C(=O)O)c1. The minimum Gasteiger partial charge on any atom is -0.478 e. The van der Waals surface area contributed by atoms with Gasteiger partial charge in [-0.15, -0.1) is 0 Å². The number of carboxylic acid groups (broad SMARTS) is 1. The third-order valence-electron chi connectivity index (χ3n) is 5.53. The molecule has 2 saturated heterocycles. The van der Waals surface area contributed by atoms with Gasteiger partial charge in [-0.3, -0.25) is 4.72 Å². The minimum absolute atomic E-state index is 0.126. The number of hydrogen-bond acceptors (Lipinski definition) is 5. The van der Waals surface area contributed by atoms with Crippen LogP contribution in [0.15, 0.2) is 18.2 Å². The standard InChI is InChI=1S/C19H30N4O4S/c1-21(2)28(26,27)20-16-7-8-18(17(12-16)19(24)25)23-11-5-6-15(14-23)13-22-9-3-4-10-22/h7-8,12,15,20H,3-6,9-11,13-14H2,1-2H3,(H,24,25)/t15-/m0/s1. The van der Waals surface area contributed by atoms with Crippen LogP contribution >= 0.6 is 0 Å². The maximum Gasteiger partial charge on any atom is 0.337 e. The normalized spacial score (nSPS) is 21.2. The van der Waals surface area contributed by atoms with Crippen molar-refractivity contribution >= 4 is 27.6 Å². The van der Waals surface area contributed by atoms with E-state index in [0.717, 1.165) is 49.9 Å². The van der Waals surface area contributed by atoms with Crippen molar-refractivity contribution in [1.29, 1.82) is 0 Å². The number of nitrogens with zero attached hydrogens (tertiary/aromatic N) is 3. The van der Waals surface area contributed by atoms with E-state index in [1.165, 1.54) is 33.0 Å². The first kappa shape index (κ1) is 20.9. The van der Waals surface area contributed by atoms with Gasteiger partial charge in [0.15, 0.2) is 0 Å². The summed E-state index contributed by atoms with van der Waals surface area (Å²) in [4.78, 5) is 16.5. The lowest BCUT2D eigenvalue weighted by atomic mass is 9.96. The number of nitrogens with one attached hydrogen (secondary N) is 1. The van der Waals surface area contributed by atoms with E-state index in [-0.39, 0.29) is 11.3 Å². The van der Waals surface area contributed by atoms with E-state index in [2.05, 4.69) is 14.5 Å². The molecule has 2 fully saturated rings. The maximum atomic E-state index is 12.0. The van der Waals surface area contributed by atoms with E-state index in [9.17, 15) is 18.3 Å². The Kier molecular flexibility index (Phi) is 6.47.